The molecule has 1 aliphatic rings. The summed E-state index contributed by atoms with van der Waals surface area (Å²) >= 11 is 0. The fraction of sp³-hybridized carbons (Fsp3) is 0.250. The highest BCUT2D eigenvalue weighted by molar-refractivity contribution is 5.98. The number of nitro groups is 1. The fourth-order valence-electron chi connectivity index (χ4n) is 1.27. The van der Waals surface area contributed by atoms with Crippen molar-refractivity contribution in [1.82, 2.24) is 4.98 Å². The molecule has 1 aliphatic heterocycles. The predicted octanol–water partition coefficient (Wildman–Crippen LogP) is 0.349. The van der Waals surface area contributed by atoms with Crippen LogP contribution in [0.3, 0.4) is 0 Å². The number of pyridine rings is 1. The maximum atomic E-state index is 10.7. The van der Waals surface area contributed by atoms with E-state index in [4.69, 9.17) is 10.5 Å². The van der Waals surface area contributed by atoms with Gasteiger partial charge >= 0.3 is 5.82 Å². The topological polar surface area (TPSA) is 104 Å². The molecular weight excluding hydrogens is 200 g/mol. The van der Waals surface area contributed by atoms with Crippen molar-refractivity contribution in [3.05, 3.63) is 27.9 Å². The zero-order valence-electron chi connectivity index (χ0n) is 7.71. The van der Waals surface area contributed by atoms with Crippen LogP contribution < -0.4 is 5.73 Å². The summed E-state index contributed by atoms with van der Waals surface area (Å²) in [5.41, 5.74) is 6.07. The number of nitrogens with zero attached hydrogens (tertiary/aromatic N) is 3. The molecule has 0 atom stereocenters. The van der Waals surface area contributed by atoms with Crippen molar-refractivity contribution in [1.29, 1.82) is 0 Å². The lowest BCUT2D eigenvalue weighted by molar-refractivity contribution is -0.389. The van der Waals surface area contributed by atoms with Crippen LogP contribution >= 0.6 is 0 Å². The van der Waals surface area contributed by atoms with Gasteiger partial charge in [-0.15, -0.1) is 0 Å². The minimum atomic E-state index is -0.584. The number of hydrogen-bond acceptors (Lipinski definition) is 6. The lowest BCUT2D eigenvalue weighted by Gasteiger charge is -2.02. The van der Waals surface area contributed by atoms with Crippen LogP contribution in [0.25, 0.3) is 0 Å². The maximum Gasteiger partial charge on any atom is 0.376 e. The van der Waals surface area contributed by atoms with Gasteiger partial charge in [0.2, 0.25) is 5.90 Å². The van der Waals surface area contributed by atoms with E-state index in [1.165, 1.54) is 12.3 Å². The number of rotatable bonds is 2. The van der Waals surface area contributed by atoms with Crippen molar-refractivity contribution in [2.45, 2.75) is 0 Å². The quantitative estimate of drug-likeness (QED) is 0.557. The molecule has 78 valence electrons. The molecule has 0 amide bonds. The van der Waals surface area contributed by atoms with Gasteiger partial charge in [0.05, 0.1) is 12.2 Å². The largest absolute Gasteiger partial charge is 0.475 e. The molecule has 7 nitrogen and oxygen atoms in total. The van der Waals surface area contributed by atoms with E-state index in [1.54, 1.807) is 0 Å². The highest BCUT2D eigenvalue weighted by atomic mass is 16.6. The molecule has 0 bridgehead atoms. The third-order valence-electron chi connectivity index (χ3n) is 1.88. The van der Waals surface area contributed by atoms with Crippen LogP contribution in [0.5, 0.6) is 0 Å². The molecule has 0 unspecified atom stereocenters. The molecule has 1 aromatic rings. The second-order valence-electron chi connectivity index (χ2n) is 2.93. The first kappa shape index (κ1) is 9.38. The van der Waals surface area contributed by atoms with Crippen molar-refractivity contribution in [2.75, 3.05) is 18.9 Å². The van der Waals surface area contributed by atoms with Gasteiger partial charge in [0.25, 0.3) is 0 Å². The summed E-state index contributed by atoms with van der Waals surface area (Å²) in [5, 5.41) is 10.7. The Morgan fingerprint density at radius 2 is 2.40 bits per heavy atom. The molecule has 15 heavy (non-hydrogen) atoms. The Kier molecular flexibility index (Phi) is 2.20. The molecule has 7 heteroatoms. The lowest BCUT2D eigenvalue weighted by Crippen LogP contribution is -2.08. The van der Waals surface area contributed by atoms with Gasteiger partial charge in [-0.05, 0) is 16.0 Å². The van der Waals surface area contributed by atoms with E-state index in [1.807, 2.05) is 0 Å². The smallest absolute Gasteiger partial charge is 0.376 e. The molecule has 0 aromatic carbocycles. The zero-order valence-corrected chi connectivity index (χ0v) is 7.71. The van der Waals surface area contributed by atoms with Gasteiger partial charge in [-0.3, -0.25) is 0 Å². The Labute approximate surface area is 84.7 Å². The number of nitrogen functional groups attached to an aromatic ring is 1. The number of nitrogens with two attached hydrogens (primary N) is 1. The molecule has 1 aromatic heterocycles. The standard InChI is InChI=1S/C8H8N4O3/c9-5-3-6(8-10-1-2-15-8)7(11-4-5)12(13)14/h3-4H,1-2,9H2. The average molecular weight is 208 g/mol. The molecule has 0 aliphatic carbocycles. The summed E-state index contributed by atoms with van der Waals surface area (Å²) in [6, 6.07) is 1.44. The molecule has 0 radical (unpaired) electrons. The molecule has 0 fully saturated rings. The summed E-state index contributed by atoms with van der Waals surface area (Å²) in [7, 11) is 0. The summed E-state index contributed by atoms with van der Waals surface area (Å²) in [4.78, 5) is 17.7. The molecule has 2 N–H and O–H groups in total. The van der Waals surface area contributed by atoms with Gasteiger partial charge in [0.15, 0.2) is 6.20 Å². The normalized spacial score (nSPS) is 14.5. The summed E-state index contributed by atoms with van der Waals surface area (Å²) in [6.45, 7) is 0.933. The molecule has 0 spiro atoms. The number of ether oxygens (including phenoxy) is 1. The minimum absolute atomic E-state index is 0.234. The van der Waals surface area contributed by atoms with Gasteiger partial charge in [0, 0.05) is 0 Å². The Hall–Kier alpha value is -2.18. The lowest BCUT2D eigenvalue weighted by atomic mass is 10.2. The Morgan fingerprint density at radius 3 is 3.00 bits per heavy atom. The SMILES string of the molecule is Nc1cnc([N+](=O)[O-])c(C2=NCCO2)c1. The van der Waals surface area contributed by atoms with Gasteiger partial charge in [-0.25, -0.2) is 4.99 Å². The first-order valence-corrected chi connectivity index (χ1v) is 4.26. The highest BCUT2D eigenvalue weighted by Crippen LogP contribution is 2.20. The van der Waals surface area contributed by atoms with E-state index in [2.05, 4.69) is 9.98 Å². The van der Waals surface area contributed by atoms with E-state index in [9.17, 15) is 10.1 Å². The molecular formula is C8H8N4O3. The summed E-state index contributed by atoms with van der Waals surface area (Å²) in [5.74, 6) is -0.0497. The van der Waals surface area contributed by atoms with Crippen molar-refractivity contribution in [3.63, 3.8) is 0 Å². The van der Waals surface area contributed by atoms with E-state index < -0.39 is 4.92 Å². The third-order valence-corrected chi connectivity index (χ3v) is 1.88. The van der Waals surface area contributed by atoms with Crippen LogP contribution in [0.4, 0.5) is 11.5 Å². The van der Waals surface area contributed by atoms with Gasteiger partial charge in [0.1, 0.15) is 12.2 Å². The fourth-order valence-corrected chi connectivity index (χ4v) is 1.27. The van der Waals surface area contributed by atoms with E-state index in [-0.39, 0.29) is 17.3 Å². The van der Waals surface area contributed by atoms with Crippen LogP contribution in [0.15, 0.2) is 17.3 Å². The van der Waals surface area contributed by atoms with Gasteiger partial charge in [-0.2, -0.15) is 0 Å². The number of hydrogen-bond donors (Lipinski definition) is 1. The zero-order chi connectivity index (χ0) is 10.8. The van der Waals surface area contributed by atoms with Crippen LogP contribution in [0, 0.1) is 10.1 Å². The van der Waals surface area contributed by atoms with E-state index in [0.29, 0.717) is 18.8 Å². The first-order chi connectivity index (χ1) is 7.18. The molecule has 2 rings (SSSR count). The van der Waals surface area contributed by atoms with Crippen LogP contribution in [-0.2, 0) is 4.74 Å². The van der Waals surface area contributed by atoms with Gasteiger partial charge < -0.3 is 20.6 Å². The average Bonchev–Trinajstić information content (AvgIpc) is 2.69. The second kappa shape index (κ2) is 3.52. The molecule has 0 saturated heterocycles. The maximum absolute atomic E-state index is 10.7. The predicted molar refractivity (Wildman–Crippen MR) is 52.7 cm³/mol. The summed E-state index contributed by atoms with van der Waals surface area (Å²) in [6.07, 6.45) is 1.23. The van der Waals surface area contributed by atoms with Crippen LogP contribution in [0.1, 0.15) is 5.56 Å². The van der Waals surface area contributed by atoms with E-state index in [0.717, 1.165) is 0 Å². The Morgan fingerprint density at radius 1 is 1.60 bits per heavy atom. The Bertz CT molecular complexity index is 444. The van der Waals surface area contributed by atoms with Gasteiger partial charge in [-0.1, -0.05) is 0 Å². The van der Waals surface area contributed by atoms with Crippen molar-refractivity contribution in [3.8, 4) is 0 Å². The Balaban J connectivity index is 2.51. The van der Waals surface area contributed by atoms with Crippen molar-refractivity contribution < 1.29 is 9.66 Å². The van der Waals surface area contributed by atoms with Crippen LogP contribution in [0.2, 0.25) is 0 Å². The second-order valence-corrected chi connectivity index (χ2v) is 2.93. The first-order valence-electron chi connectivity index (χ1n) is 4.26. The molecule has 2 heterocycles. The van der Waals surface area contributed by atoms with Crippen molar-refractivity contribution in [2.24, 2.45) is 4.99 Å². The number of aromatic nitrogens is 1. The van der Waals surface area contributed by atoms with Crippen LogP contribution in [-0.4, -0.2) is 29.0 Å². The van der Waals surface area contributed by atoms with E-state index >= 15 is 0 Å². The molecule has 0 saturated carbocycles. The number of anilines is 1. The highest BCUT2D eigenvalue weighted by Gasteiger charge is 2.23. The summed E-state index contributed by atoms with van der Waals surface area (Å²) < 4.78 is 5.13. The number of aliphatic imine (C=N–C) groups is 1. The van der Waals surface area contributed by atoms with Crippen molar-refractivity contribution >= 4 is 17.4 Å². The monoisotopic (exact) mass is 208 g/mol. The minimum Gasteiger partial charge on any atom is -0.475 e. The third kappa shape index (κ3) is 1.71.